The number of aryl methyl sites for hydroxylation is 1. The van der Waals surface area contributed by atoms with Gasteiger partial charge in [0.05, 0.1) is 0 Å². The molecule has 1 aromatic heterocycles. The third kappa shape index (κ3) is 3.82. The highest BCUT2D eigenvalue weighted by atomic mass is 16.5. The molecule has 1 aromatic rings. The van der Waals surface area contributed by atoms with Gasteiger partial charge in [-0.15, -0.1) is 0 Å². The zero-order valence-electron chi connectivity index (χ0n) is 13.5. The van der Waals surface area contributed by atoms with Crippen molar-refractivity contribution in [2.24, 2.45) is 0 Å². The molecular weight excluding hydrogens is 296 g/mol. The normalized spacial score (nSPS) is 20.4. The largest absolute Gasteiger partial charge is 0.427 e. The first kappa shape index (κ1) is 16.2. The predicted octanol–water partition coefficient (Wildman–Crippen LogP) is 1.32. The maximum atomic E-state index is 12.4. The molecule has 2 N–H and O–H groups in total. The molecule has 0 bridgehead atoms. The molecule has 23 heavy (non-hydrogen) atoms. The Morgan fingerprint density at radius 1 is 1.22 bits per heavy atom. The van der Waals surface area contributed by atoms with Gasteiger partial charge >= 0.3 is 5.63 Å². The summed E-state index contributed by atoms with van der Waals surface area (Å²) >= 11 is 0. The molecule has 126 valence electrons. The van der Waals surface area contributed by atoms with Crippen LogP contribution >= 0.6 is 0 Å². The van der Waals surface area contributed by atoms with E-state index in [0.29, 0.717) is 24.5 Å². The number of hydrogen-bond acceptors (Lipinski definition) is 5. The standard InChI is InChI=1S/C17H24N2O4/c1-11-10-14(12-2-6-18-7-3-12)23-17(21)15(11)16(20)19-13-4-8-22-9-5-13/h10,12-13,18H,2-9H2,1H3,(H,19,20). The second-order valence-corrected chi connectivity index (χ2v) is 6.38. The van der Waals surface area contributed by atoms with Crippen molar-refractivity contribution in [2.75, 3.05) is 26.3 Å². The molecule has 6 nitrogen and oxygen atoms in total. The highest BCUT2D eigenvalue weighted by molar-refractivity contribution is 5.95. The van der Waals surface area contributed by atoms with Gasteiger partial charge in [0.25, 0.3) is 5.91 Å². The topological polar surface area (TPSA) is 80.6 Å². The van der Waals surface area contributed by atoms with Crippen molar-refractivity contribution in [3.05, 3.63) is 33.4 Å². The van der Waals surface area contributed by atoms with E-state index < -0.39 is 5.63 Å². The summed E-state index contributed by atoms with van der Waals surface area (Å²) in [7, 11) is 0. The molecule has 0 atom stereocenters. The van der Waals surface area contributed by atoms with Crippen molar-refractivity contribution >= 4 is 5.91 Å². The predicted molar refractivity (Wildman–Crippen MR) is 85.9 cm³/mol. The number of nitrogens with one attached hydrogen (secondary N) is 2. The van der Waals surface area contributed by atoms with E-state index in [0.717, 1.165) is 38.8 Å². The maximum Gasteiger partial charge on any atom is 0.349 e. The summed E-state index contributed by atoms with van der Waals surface area (Å²) in [6.45, 7) is 4.96. The molecule has 3 heterocycles. The van der Waals surface area contributed by atoms with Gasteiger partial charge in [0, 0.05) is 25.2 Å². The van der Waals surface area contributed by atoms with E-state index in [2.05, 4.69) is 10.6 Å². The number of rotatable bonds is 3. The van der Waals surface area contributed by atoms with Crippen LogP contribution in [-0.4, -0.2) is 38.3 Å². The lowest BCUT2D eigenvalue weighted by Crippen LogP contribution is -2.41. The zero-order chi connectivity index (χ0) is 16.2. The first-order chi connectivity index (χ1) is 11.1. The summed E-state index contributed by atoms with van der Waals surface area (Å²) in [6.07, 6.45) is 3.47. The van der Waals surface area contributed by atoms with E-state index in [4.69, 9.17) is 9.15 Å². The Balaban J connectivity index is 1.76. The SMILES string of the molecule is Cc1cc(C2CCNCC2)oc(=O)c1C(=O)NC1CCOCC1. The minimum Gasteiger partial charge on any atom is -0.427 e. The van der Waals surface area contributed by atoms with Gasteiger partial charge in [-0.25, -0.2) is 4.79 Å². The molecule has 6 heteroatoms. The molecule has 0 spiro atoms. The smallest absolute Gasteiger partial charge is 0.349 e. The van der Waals surface area contributed by atoms with Crippen molar-refractivity contribution < 1.29 is 13.9 Å². The average Bonchev–Trinajstić information content (AvgIpc) is 2.56. The molecule has 0 saturated carbocycles. The summed E-state index contributed by atoms with van der Waals surface area (Å²) in [5, 5.41) is 6.22. The summed E-state index contributed by atoms with van der Waals surface area (Å²) in [6, 6.07) is 1.93. The Kier molecular flexibility index (Phi) is 5.13. The van der Waals surface area contributed by atoms with Crippen LogP contribution in [0.25, 0.3) is 0 Å². The van der Waals surface area contributed by atoms with Gasteiger partial charge in [-0.3, -0.25) is 4.79 Å². The molecule has 3 rings (SSSR count). The second-order valence-electron chi connectivity index (χ2n) is 6.38. The third-order valence-electron chi connectivity index (χ3n) is 4.69. The zero-order valence-corrected chi connectivity index (χ0v) is 13.5. The van der Waals surface area contributed by atoms with E-state index >= 15 is 0 Å². The number of piperidine rings is 1. The Morgan fingerprint density at radius 3 is 2.57 bits per heavy atom. The highest BCUT2D eigenvalue weighted by Gasteiger charge is 2.24. The quantitative estimate of drug-likeness (QED) is 0.878. The minimum absolute atomic E-state index is 0.0687. The summed E-state index contributed by atoms with van der Waals surface area (Å²) in [5.74, 6) is 0.631. The molecule has 0 aromatic carbocycles. The van der Waals surface area contributed by atoms with Crippen LogP contribution in [0.2, 0.25) is 0 Å². The molecule has 0 unspecified atom stereocenters. The monoisotopic (exact) mass is 320 g/mol. The van der Waals surface area contributed by atoms with Crippen LogP contribution in [-0.2, 0) is 4.74 Å². The van der Waals surface area contributed by atoms with E-state index in [9.17, 15) is 9.59 Å². The average molecular weight is 320 g/mol. The summed E-state index contributed by atoms with van der Waals surface area (Å²) in [4.78, 5) is 24.7. The summed E-state index contributed by atoms with van der Waals surface area (Å²) < 4.78 is 10.8. The van der Waals surface area contributed by atoms with Gasteiger partial charge in [0.2, 0.25) is 0 Å². The highest BCUT2D eigenvalue weighted by Crippen LogP contribution is 2.25. The third-order valence-corrected chi connectivity index (χ3v) is 4.69. The van der Waals surface area contributed by atoms with Crippen LogP contribution in [0.5, 0.6) is 0 Å². The van der Waals surface area contributed by atoms with Crippen LogP contribution in [0.4, 0.5) is 0 Å². The fourth-order valence-corrected chi connectivity index (χ4v) is 3.31. The Labute approximate surface area is 135 Å². The van der Waals surface area contributed by atoms with Crippen molar-refractivity contribution in [3.8, 4) is 0 Å². The second kappa shape index (κ2) is 7.27. The number of carbonyl (C=O) groups is 1. The van der Waals surface area contributed by atoms with E-state index in [1.807, 2.05) is 6.07 Å². The molecule has 2 aliphatic heterocycles. The van der Waals surface area contributed by atoms with E-state index in [1.165, 1.54) is 0 Å². The van der Waals surface area contributed by atoms with E-state index in [1.54, 1.807) is 6.92 Å². The molecule has 2 fully saturated rings. The molecular formula is C17H24N2O4. The first-order valence-corrected chi connectivity index (χ1v) is 8.39. The first-order valence-electron chi connectivity index (χ1n) is 8.39. The van der Waals surface area contributed by atoms with Crippen molar-refractivity contribution in [1.29, 1.82) is 0 Å². The van der Waals surface area contributed by atoms with Gasteiger partial charge in [0.1, 0.15) is 11.3 Å². The van der Waals surface area contributed by atoms with Crippen LogP contribution in [0.1, 0.15) is 53.3 Å². The number of carbonyl (C=O) groups excluding carboxylic acids is 1. The molecule has 0 aliphatic carbocycles. The van der Waals surface area contributed by atoms with Crippen molar-refractivity contribution in [1.82, 2.24) is 10.6 Å². The van der Waals surface area contributed by atoms with E-state index in [-0.39, 0.29) is 23.4 Å². The van der Waals surface area contributed by atoms with Gasteiger partial charge in [0.15, 0.2) is 0 Å². The Bertz CT molecular complexity index is 614. The van der Waals surface area contributed by atoms with Crippen LogP contribution in [0, 0.1) is 6.92 Å². The van der Waals surface area contributed by atoms with Crippen molar-refractivity contribution in [2.45, 2.75) is 44.6 Å². The van der Waals surface area contributed by atoms with Gasteiger partial charge in [-0.2, -0.15) is 0 Å². The molecule has 0 radical (unpaired) electrons. The van der Waals surface area contributed by atoms with Crippen molar-refractivity contribution in [3.63, 3.8) is 0 Å². The Hall–Kier alpha value is -1.66. The molecule has 1 amide bonds. The number of amides is 1. The van der Waals surface area contributed by atoms with Gasteiger partial charge in [-0.05, 0) is 57.3 Å². The lowest BCUT2D eigenvalue weighted by Gasteiger charge is -2.24. The maximum absolute atomic E-state index is 12.4. The van der Waals surface area contributed by atoms with Crippen LogP contribution in [0.3, 0.4) is 0 Å². The fourth-order valence-electron chi connectivity index (χ4n) is 3.31. The van der Waals surface area contributed by atoms with Gasteiger partial charge < -0.3 is 19.8 Å². The van der Waals surface area contributed by atoms with Crippen LogP contribution < -0.4 is 16.3 Å². The Morgan fingerprint density at radius 2 is 1.91 bits per heavy atom. The lowest BCUT2D eigenvalue weighted by atomic mass is 9.94. The number of hydrogen-bond donors (Lipinski definition) is 2. The van der Waals surface area contributed by atoms with Crippen LogP contribution in [0.15, 0.2) is 15.3 Å². The van der Waals surface area contributed by atoms with Gasteiger partial charge in [-0.1, -0.05) is 0 Å². The lowest BCUT2D eigenvalue weighted by molar-refractivity contribution is 0.0694. The molecule has 2 aliphatic rings. The minimum atomic E-state index is -0.525. The fraction of sp³-hybridized carbons (Fsp3) is 0.647. The summed E-state index contributed by atoms with van der Waals surface area (Å²) in [5.41, 5.74) is 0.302. The molecule has 2 saturated heterocycles. The number of ether oxygens (including phenoxy) is 1.